The van der Waals surface area contributed by atoms with Gasteiger partial charge in [0.1, 0.15) is 0 Å². The monoisotopic (exact) mass is 377 g/mol. The third-order valence-corrected chi connectivity index (χ3v) is 4.81. The topological polar surface area (TPSA) is 86.9 Å². The summed E-state index contributed by atoms with van der Waals surface area (Å²) in [5, 5.41) is 13.8. The third kappa shape index (κ3) is 3.34. The highest BCUT2D eigenvalue weighted by molar-refractivity contribution is 5.99. The lowest BCUT2D eigenvalue weighted by Crippen LogP contribution is -2.49. The molecule has 7 nitrogen and oxygen atoms in total. The largest absolute Gasteiger partial charge is 0.477 e. The van der Waals surface area contributed by atoms with Crippen LogP contribution in [0.4, 0.5) is 5.82 Å². The zero-order chi connectivity index (χ0) is 19.5. The number of carbonyl (C=O) groups is 2. The number of aromatic carboxylic acids is 1. The molecule has 3 aromatic rings. The maximum Gasteiger partial charge on any atom is 0.343 e. The van der Waals surface area contributed by atoms with E-state index in [0.717, 1.165) is 0 Å². The zero-order valence-corrected chi connectivity index (χ0v) is 15.1. The molecule has 7 heteroatoms. The van der Waals surface area contributed by atoms with Gasteiger partial charge in [-0.15, -0.1) is 0 Å². The molecule has 0 saturated carbocycles. The van der Waals surface area contributed by atoms with Crippen molar-refractivity contribution >= 4 is 17.7 Å². The second kappa shape index (κ2) is 7.56. The number of piperazine rings is 1. The smallest absolute Gasteiger partial charge is 0.343 e. The minimum atomic E-state index is -1.09. The van der Waals surface area contributed by atoms with Crippen LogP contribution < -0.4 is 4.90 Å². The van der Waals surface area contributed by atoms with Crippen LogP contribution in [-0.4, -0.2) is 53.2 Å². The van der Waals surface area contributed by atoms with Gasteiger partial charge in [0.05, 0.1) is 0 Å². The van der Waals surface area contributed by atoms with E-state index >= 15 is 0 Å². The van der Waals surface area contributed by atoms with Gasteiger partial charge in [-0.3, -0.25) is 4.79 Å². The molecule has 2 aromatic carbocycles. The normalized spacial score (nSPS) is 14.1. The van der Waals surface area contributed by atoms with Gasteiger partial charge in [-0.2, -0.15) is 0 Å². The fourth-order valence-corrected chi connectivity index (χ4v) is 3.36. The van der Waals surface area contributed by atoms with E-state index in [2.05, 4.69) is 5.16 Å². The molecule has 1 aliphatic heterocycles. The van der Waals surface area contributed by atoms with Crippen LogP contribution in [0.1, 0.15) is 20.7 Å². The number of anilines is 1. The quantitative estimate of drug-likeness (QED) is 0.752. The predicted octanol–water partition coefficient (Wildman–Crippen LogP) is 3.00. The SMILES string of the molecule is O=C(O)c1c(N2CCN(C(=O)c3ccccc3)CC2)noc1-c1ccccc1. The Balaban J connectivity index is 1.53. The number of nitrogens with zero attached hydrogens (tertiary/aromatic N) is 3. The van der Waals surface area contributed by atoms with E-state index in [1.807, 2.05) is 41.3 Å². The molecule has 28 heavy (non-hydrogen) atoms. The summed E-state index contributed by atoms with van der Waals surface area (Å²) in [6.45, 7) is 1.94. The first-order chi connectivity index (χ1) is 13.6. The lowest BCUT2D eigenvalue weighted by Gasteiger charge is -2.34. The molecule has 0 radical (unpaired) electrons. The molecule has 1 N–H and O–H groups in total. The van der Waals surface area contributed by atoms with Gasteiger partial charge >= 0.3 is 5.97 Å². The highest BCUT2D eigenvalue weighted by Gasteiger charge is 2.30. The number of hydrogen-bond acceptors (Lipinski definition) is 5. The van der Waals surface area contributed by atoms with Gasteiger partial charge in [0.25, 0.3) is 5.91 Å². The first-order valence-electron chi connectivity index (χ1n) is 9.03. The summed E-state index contributed by atoms with van der Waals surface area (Å²) in [7, 11) is 0. The molecule has 142 valence electrons. The highest BCUT2D eigenvalue weighted by Crippen LogP contribution is 2.31. The van der Waals surface area contributed by atoms with E-state index in [4.69, 9.17) is 4.52 Å². The second-order valence-electron chi connectivity index (χ2n) is 6.53. The van der Waals surface area contributed by atoms with Crippen LogP contribution in [-0.2, 0) is 0 Å². The number of carboxylic acid groups (broad SMARTS) is 1. The van der Waals surface area contributed by atoms with Crippen LogP contribution >= 0.6 is 0 Å². The molecule has 0 aliphatic carbocycles. The molecule has 1 aromatic heterocycles. The maximum atomic E-state index is 12.6. The molecule has 1 fully saturated rings. The van der Waals surface area contributed by atoms with Crippen LogP contribution in [0.3, 0.4) is 0 Å². The number of benzene rings is 2. The number of amides is 1. The molecular formula is C21H19N3O4. The lowest BCUT2D eigenvalue weighted by molar-refractivity contribution is 0.0693. The Hall–Kier alpha value is -3.61. The highest BCUT2D eigenvalue weighted by atomic mass is 16.5. The molecule has 1 amide bonds. The van der Waals surface area contributed by atoms with Crippen molar-refractivity contribution in [2.24, 2.45) is 0 Å². The average molecular weight is 377 g/mol. The van der Waals surface area contributed by atoms with E-state index in [0.29, 0.717) is 43.1 Å². The van der Waals surface area contributed by atoms with Crippen LogP contribution in [0, 0.1) is 0 Å². The Kier molecular flexibility index (Phi) is 4.80. The zero-order valence-electron chi connectivity index (χ0n) is 15.1. The van der Waals surface area contributed by atoms with E-state index in [-0.39, 0.29) is 17.2 Å². The van der Waals surface area contributed by atoms with Crippen LogP contribution in [0.15, 0.2) is 65.2 Å². The van der Waals surface area contributed by atoms with Crippen molar-refractivity contribution in [3.05, 3.63) is 71.8 Å². The van der Waals surface area contributed by atoms with E-state index in [9.17, 15) is 14.7 Å². The Labute approximate surface area is 161 Å². The average Bonchev–Trinajstić information content (AvgIpc) is 3.20. The van der Waals surface area contributed by atoms with Crippen LogP contribution in [0.2, 0.25) is 0 Å². The van der Waals surface area contributed by atoms with Crippen molar-refractivity contribution in [3.8, 4) is 11.3 Å². The fraction of sp³-hybridized carbons (Fsp3) is 0.190. The van der Waals surface area contributed by atoms with Crippen molar-refractivity contribution in [1.82, 2.24) is 10.1 Å². The fourth-order valence-electron chi connectivity index (χ4n) is 3.36. The number of carboxylic acids is 1. The maximum absolute atomic E-state index is 12.6. The van der Waals surface area contributed by atoms with Gasteiger partial charge in [0.15, 0.2) is 17.1 Å². The van der Waals surface area contributed by atoms with Gasteiger partial charge in [-0.25, -0.2) is 4.79 Å². The molecule has 0 atom stereocenters. The number of carbonyl (C=O) groups excluding carboxylic acids is 1. The summed E-state index contributed by atoms with van der Waals surface area (Å²) in [6.07, 6.45) is 0. The Morgan fingerprint density at radius 2 is 1.50 bits per heavy atom. The molecular weight excluding hydrogens is 358 g/mol. The summed E-state index contributed by atoms with van der Waals surface area (Å²) in [5.41, 5.74) is 1.36. The van der Waals surface area contributed by atoms with E-state index in [1.54, 1.807) is 29.2 Å². The summed E-state index contributed by atoms with van der Waals surface area (Å²) in [5.74, 6) is -0.564. The van der Waals surface area contributed by atoms with Crippen molar-refractivity contribution < 1.29 is 19.2 Å². The van der Waals surface area contributed by atoms with Crippen molar-refractivity contribution in [3.63, 3.8) is 0 Å². The first-order valence-corrected chi connectivity index (χ1v) is 9.03. The lowest BCUT2D eigenvalue weighted by atomic mass is 10.1. The van der Waals surface area contributed by atoms with E-state index < -0.39 is 5.97 Å². The van der Waals surface area contributed by atoms with Gasteiger partial charge in [0.2, 0.25) is 0 Å². The van der Waals surface area contributed by atoms with Gasteiger partial charge in [-0.05, 0) is 12.1 Å². The van der Waals surface area contributed by atoms with Gasteiger partial charge in [-0.1, -0.05) is 53.7 Å². The summed E-state index contributed by atoms with van der Waals surface area (Å²) in [4.78, 5) is 28.1. The molecule has 1 saturated heterocycles. The van der Waals surface area contributed by atoms with Crippen molar-refractivity contribution in [2.75, 3.05) is 31.1 Å². The Bertz CT molecular complexity index is 977. The number of hydrogen-bond donors (Lipinski definition) is 1. The van der Waals surface area contributed by atoms with Crippen molar-refractivity contribution in [2.45, 2.75) is 0 Å². The minimum absolute atomic E-state index is 0.0242. The Morgan fingerprint density at radius 1 is 0.893 bits per heavy atom. The standard InChI is InChI=1S/C21H19N3O4/c25-20(16-9-5-2-6-10-16)24-13-11-23(12-14-24)19-17(21(26)27)18(28-22-19)15-7-3-1-4-8-15/h1-10H,11-14H2,(H,26,27). The van der Waals surface area contributed by atoms with Gasteiger partial charge < -0.3 is 19.4 Å². The molecule has 0 unspecified atom stereocenters. The Morgan fingerprint density at radius 3 is 2.11 bits per heavy atom. The summed E-state index contributed by atoms with van der Waals surface area (Å²) in [6, 6.07) is 18.2. The third-order valence-electron chi connectivity index (χ3n) is 4.81. The molecule has 0 bridgehead atoms. The minimum Gasteiger partial charge on any atom is -0.477 e. The van der Waals surface area contributed by atoms with E-state index in [1.165, 1.54) is 0 Å². The predicted molar refractivity (Wildman–Crippen MR) is 103 cm³/mol. The molecule has 1 aliphatic rings. The van der Waals surface area contributed by atoms with Gasteiger partial charge in [0, 0.05) is 37.3 Å². The second-order valence-corrected chi connectivity index (χ2v) is 6.53. The summed E-state index contributed by atoms with van der Waals surface area (Å²) >= 11 is 0. The number of aromatic nitrogens is 1. The molecule has 4 rings (SSSR count). The molecule has 0 spiro atoms. The summed E-state index contributed by atoms with van der Waals surface area (Å²) < 4.78 is 5.39. The van der Waals surface area contributed by atoms with Crippen LogP contribution in [0.5, 0.6) is 0 Å². The van der Waals surface area contributed by atoms with Crippen molar-refractivity contribution in [1.29, 1.82) is 0 Å². The molecule has 2 heterocycles. The number of rotatable bonds is 4. The van der Waals surface area contributed by atoms with Crippen LogP contribution in [0.25, 0.3) is 11.3 Å². The first kappa shape index (κ1) is 17.8.